The molecule has 0 fully saturated rings. The van der Waals surface area contributed by atoms with E-state index in [9.17, 15) is 5.11 Å². The molecule has 0 aliphatic carbocycles. The summed E-state index contributed by atoms with van der Waals surface area (Å²) >= 11 is 12.0. The van der Waals surface area contributed by atoms with Gasteiger partial charge in [0, 0.05) is 10.6 Å². The molecule has 26 heavy (non-hydrogen) atoms. The Kier molecular flexibility index (Phi) is 4.37. The molecular weight excluding hydrogens is 371 g/mol. The molecule has 0 saturated carbocycles. The van der Waals surface area contributed by atoms with Gasteiger partial charge in [0.05, 0.1) is 16.9 Å². The standard InChI is InChI=1S/C20H12Cl2N2O2/c21-13-8-9-16(22)17(10-13)23-11-18-20(25)26-19(24-18)15-7-3-5-12-4-1-2-6-14(12)15/h1-11,25H. The van der Waals surface area contributed by atoms with E-state index in [1.54, 1.807) is 18.2 Å². The fourth-order valence-corrected chi connectivity index (χ4v) is 2.98. The van der Waals surface area contributed by atoms with Gasteiger partial charge in [-0.3, -0.25) is 4.99 Å². The number of hydrogen-bond donors (Lipinski definition) is 1. The van der Waals surface area contributed by atoms with Gasteiger partial charge >= 0.3 is 5.95 Å². The summed E-state index contributed by atoms with van der Waals surface area (Å²) in [4.78, 5) is 8.60. The van der Waals surface area contributed by atoms with Crippen LogP contribution in [0.15, 0.2) is 70.1 Å². The van der Waals surface area contributed by atoms with Crippen LogP contribution in [0, 0.1) is 0 Å². The molecule has 4 nitrogen and oxygen atoms in total. The number of oxazole rings is 1. The van der Waals surface area contributed by atoms with Crippen molar-refractivity contribution in [1.82, 2.24) is 4.98 Å². The third kappa shape index (κ3) is 3.17. The molecule has 6 heteroatoms. The molecule has 0 spiro atoms. The highest BCUT2D eigenvalue weighted by Gasteiger charge is 2.14. The zero-order valence-electron chi connectivity index (χ0n) is 13.4. The number of benzene rings is 3. The SMILES string of the molecule is Oc1oc(-c2cccc3ccccc23)nc1C=Nc1cc(Cl)ccc1Cl. The Morgan fingerprint density at radius 1 is 1.00 bits per heavy atom. The Labute approximate surface area is 159 Å². The highest BCUT2D eigenvalue weighted by molar-refractivity contribution is 6.35. The topological polar surface area (TPSA) is 58.6 Å². The van der Waals surface area contributed by atoms with Crippen LogP contribution in [0.2, 0.25) is 10.0 Å². The predicted octanol–water partition coefficient (Wildman–Crippen LogP) is 6.26. The molecule has 0 amide bonds. The lowest BCUT2D eigenvalue weighted by molar-refractivity contribution is 0.337. The second kappa shape index (κ2) is 6.83. The van der Waals surface area contributed by atoms with Crippen LogP contribution in [-0.4, -0.2) is 16.3 Å². The molecule has 1 N–H and O–H groups in total. The van der Waals surface area contributed by atoms with Crippen LogP contribution < -0.4 is 0 Å². The van der Waals surface area contributed by atoms with Crippen LogP contribution in [0.3, 0.4) is 0 Å². The van der Waals surface area contributed by atoms with Crippen molar-refractivity contribution in [2.24, 2.45) is 4.99 Å². The quantitative estimate of drug-likeness (QED) is 0.425. The summed E-state index contributed by atoms with van der Waals surface area (Å²) in [6.07, 6.45) is 1.39. The van der Waals surface area contributed by atoms with Crippen LogP contribution in [0.4, 0.5) is 5.69 Å². The molecule has 3 aromatic carbocycles. The van der Waals surface area contributed by atoms with Gasteiger partial charge in [0.1, 0.15) is 0 Å². The maximum atomic E-state index is 10.1. The highest BCUT2D eigenvalue weighted by Crippen LogP contribution is 2.32. The highest BCUT2D eigenvalue weighted by atomic mass is 35.5. The van der Waals surface area contributed by atoms with Crippen molar-refractivity contribution in [2.75, 3.05) is 0 Å². The molecule has 0 aliphatic rings. The predicted molar refractivity (Wildman–Crippen MR) is 105 cm³/mol. The van der Waals surface area contributed by atoms with Gasteiger partial charge in [-0.15, -0.1) is 0 Å². The summed E-state index contributed by atoms with van der Waals surface area (Å²) in [6, 6.07) is 18.7. The van der Waals surface area contributed by atoms with Crippen molar-refractivity contribution in [3.8, 4) is 17.4 Å². The van der Waals surface area contributed by atoms with Crippen molar-refractivity contribution >= 4 is 45.9 Å². The molecule has 1 heterocycles. The maximum absolute atomic E-state index is 10.1. The number of aromatic hydroxyl groups is 1. The van der Waals surface area contributed by atoms with Gasteiger partial charge in [-0.2, -0.15) is 0 Å². The van der Waals surface area contributed by atoms with Gasteiger partial charge < -0.3 is 9.52 Å². The van der Waals surface area contributed by atoms with Gasteiger partial charge in [0.25, 0.3) is 0 Å². The normalized spacial score (nSPS) is 11.5. The second-order valence-electron chi connectivity index (χ2n) is 5.59. The Morgan fingerprint density at radius 3 is 2.69 bits per heavy atom. The molecule has 0 unspecified atom stereocenters. The molecule has 0 atom stereocenters. The molecule has 4 rings (SSSR count). The molecule has 0 aliphatic heterocycles. The van der Waals surface area contributed by atoms with E-state index in [1.807, 2.05) is 42.5 Å². The molecule has 0 bridgehead atoms. The molecule has 4 aromatic rings. The van der Waals surface area contributed by atoms with Crippen LogP contribution >= 0.6 is 23.2 Å². The van der Waals surface area contributed by atoms with Crippen molar-refractivity contribution in [2.45, 2.75) is 0 Å². The fourth-order valence-electron chi connectivity index (χ4n) is 2.65. The van der Waals surface area contributed by atoms with E-state index < -0.39 is 0 Å². The van der Waals surface area contributed by atoms with E-state index in [1.165, 1.54) is 6.21 Å². The van der Waals surface area contributed by atoms with Crippen LogP contribution in [0.1, 0.15) is 5.69 Å². The number of aromatic nitrogens is 1. The van der Waals surface area contributed by atoms with E-state index >= 15 is 0 Å². The van der Waals surface area contributed by atoms with Gasteiger partial charge in [-0.05, 0) is 35.0 Å². The van der Waals surface area contributed by atoms with E-state index in [-0.39, 0.29) is 11.6 Å². The monoisotopic (exact) mass is 382 g/mol. The summed E-state index contributed by atoms with van der Waals surface area (Å²) in [7, 11) is 0. The van der Waals surface area contributed by atoms with Crippen molar-refractivity contribution < 1.29 is 9.52 Å². The summed E-state index contributed by atoms with van der Waals surface area (Å²) in [5.41, 5.74) is 1.48. The van der Waals surface area contributed by atoms with Crippen molar-refractivity contribution in [1.29, 1.82) is 0 Å². The smallest absolute Gasteiger partial charge is 0.312 e. The first kappa shape index (κ1) is 16.6. The summed E-state index contributed by atoms with van der Waals surface area (Å²) in [6.45, 7) is 0. The summed E-state index contributed by atoms with van der Waals surface area (Å²) < 4.78 is 5.45. The fraction of sp³-hybridized carbons (Fsp3) is 0. The van der Waals surface area contributed by atoms with Crippen LogP contribution in [0.5, 0.6) is 5.95 Å². The Hall–Kier alpha value is -2.82. The van der Waals surface area contributed by atoms with Crippen LogP contribution in [0.25, 0.3) is 22.2 Å². The molecule has 0 radical (unpaired) electrons. The van der Waals surface area contributed by atoms with E-state index in [0.717, 1.165) is 16.3 Å². The average Bonchev–Trinajstić information content (AvgIpc) is 3.02. The lowest BCUT2D eigenvalue weighted by Crippen LogP contribution is -1.84. The minimum Gasteiger partial charge on any atom is -0.479 e. The van der Waals surface area contributed by atoms with Gasteiger partial charge in [-0.25, -0.2) is 4.98 Å². The summed E-state index contributed by atoms with van der Waals surface area (Å²) in [5, 5.41) is 13.1. The number of rotatable bonds is 3. The van der Waals surface area contributed by atoms with E-state index in [4.69, 9.17) is 27.6 Å². The molecular formula is C20H12Cl2N2O2. The minimum absolute atomic E-state index is 0.212. The van der Waals surface area contributed by atoms with Crippen molar-refractivity contribution in [3.05, 3.63) is 76.4 Å². The number of fused-ring (bicyclic) bond motifs is 1. The maximum Gasteiger partial charge on any atom is 0.312 e. The molecule has 0 saturated heterocycles. The average molecular weight is 383 g/mol. The Bertz CT molecular complexity index is 1130. The first-order chi connectivity index (χ1) is 12.6. The van der Waals surface area contributed by atoms with Crippen LogP contribution in [-0.2, 0) is 0 Å². The summed E-state index contributed by atoms with van der Waals surface area (Å²) in [5.74, 6) is 0.00720. The Morgan fingerprint density at radius 2 is 1.81 bits per heavy atom. The number of halogens is 2. The zero-order chi connectivity index (χ0) is 18.1. The number of aliphatic imine (C=N–C) groups is 1. The third-order valence-electron chi connectivity index (χ3n) is 3.89. The lowest BCUT2D eigenvalue weighted by atomic mass is 10.0. The largest absolute Gasteiger partial charge is 0.479 e. The first-order valence-corrected chi connectivity index (χ1v) is 8.54. The third-order valence-corrected chi connectivity index (χ3v) is 4.44. The first-order valence-electron chi connectivity index (χ1n) is 7.79. The Balaban J connectivity index is 1.74. The number of hydrogen-bond acceptors (Lipinski definition) is 4. The van der Waals surface area contributed by atoms with Gasteiger partial charge in [0.15, 0.2) is 5.69 Å². The van der Waals surface area contributed by atoms with Gasteiger partial charge in [0.2, 0.25) is 5.89 Å². The van der Waals surface area contributed by atoms with Gasteiger partial charge in [-0.1, -0.05) is 59.6 Å². The molecule has 1 aromatic heterocycles. The molecule has 128 valence electrons. The van der Waals surface area contributed by atoms with E-state index in [2.05, 4.69) is 9.98 Å². The second-order valence-corrected chi connectivity index (χ2v) is 6.43. The number of nitrogens with zero attached hydrogens (tertiary/aromatic N) is 2. The minimum atomic E-state index is -0.310. The van der Waals surface area contributed by atoms with Crippen molar-refractivity contribution in [3.63, 3.8) is 0 Å². The lowest BCUT2D eigenvalue weighted by Gasteiger charge is -2.01. The van der Waals surface area contributed by atoms with E-state index in [0.29, 0.717) is 21.6 Å². The zero-order valence-corrected chi connectivity index (χ0v) is 14.9.